The van der Waals surface area contributed by atoms with Gasteiger partial charge in [-0.15, -0.1) is 11.3 Å². The number of thiophene rings is 1. The molecular weight excluding hydrogens is 342 g/mol. The molecule has 1 fully saturated rings. The fourth-order valence-corrected chi connectivity index (χ4v) is 4.06. The Bertz CT molecular complexity index is 568. The molecule has 0 spiro atoms. The molecule has 0 radical (unpaired) electrons. The highest BCUT2D eigenvalue weighted by molar-refractivity contribution is 9.10. The number of rotatable bonds is 5. The Morgan fingerprint density at radius 3 is 2.52 bits per heavy atom. The third-order valence-electron chi connectivity index (χ3n) is 4.50. The quantitative estimate of drug-likeness (QED) is 0.757. The summed E-state index contributed by atoms with van der Waals surface area (Å²) in [5.41, 5.74) is 1.71. The largest absolute Gasteiger partial charge is 0.313 e. The number of benzene rings is 1. The average Bonchev–Trinajstić information content (AvgIpc) is 2.93. The van der Waals surface area contributed by atoms with E-state index in [0.29, 0.717) is 6.04 Å². The molecule has 0 amide bonds. The van der Waals surface area contributed by atoms with Crippen LogP contribution in [0.2, 0.25) is 0 Å². The first-order valence-corrected chi connectivity index (χ1v) is 9.25. The van der Waals surface area contributed by atoms with E-state index < -0.39 is 0 Å². The van der Waals surface area contributed by atoms with E-state index in [9.17, 15) is 0 Å². The average molecular weight is 364 g/mol. The SMILES string of the molecule is CC(C)(CNC1CC(c2ccc(Br)cc2)C1)c1cccs1. The van der Waals surface area contributed by atoms with Crippen molar-refractivity contribution in [2.75, 3.05) is 6.54 Å². The lowest BCUT2D eigenvalue weighted by Crippen LogP contribution is -2.45. The summed E-state index contributed by atoms with van der Waals surface area (Å²) < 4.78 is 1.16. The van der Waals surface area contributed by atoms with Crippen LogP contribution < -0.4 is 5.32 Å². The van der Waals surface area contributed by atoms with Crippen LogP contribution in [0.5, 0.6) is 0 Å². The normalized spacial score (nSPS) is 22.0. The summed E-state index contributed by atoms with van der Waals surface area (Å²) >= 11 is 5.36. The zero-order valence-corrected chi connectivity index (χ0v) is 15.0. The van der Waals surface area contributed by atoms with Crippen molar-refractivity contribution in [3.05, 3.63) is 56.7 Å². The van der Waals surface area contributed by atoms with Gasteiger partial charge < -0.3 is 5.32 Å². The van der Waals surface area contributed by atoms with Crippen molar-refractivity contribution in [3.8, 4) is 0 Å². The Kier molecular flexibility index (Phi) is 4.53. The molecule has 3 heteroatoms. The van der Waals surface area contributed by atoms with E-state index in [1.165, 1.54) is 23.3 Å². The monoisotopic (exact) mass is 363 g/mol. The topological polar surface area (TPSA) is 12.0 Å². The fourth-order valence-electron chi connectivity index (χ4n) is 2.94. The van der Waals surface area contributed by atoms with E-state index in [2.05, 4.69) is 76.9 Å². The summed E-state index contributed by atoms with van der Waals surface area (Å²) in [7, 11) is 0. The van der Waals surface area contributed by atoms with Gasteiger partial charge in [0.15, 0.2) is 0 Å². The van der Waals surface area contributed by atoms with Gasteiger partial charge in [-0.05, 0) is 47.9 Å². The molecule has 1 aliphatic carbocycles. The minimum absolute atomic E-state index is 0.233. The van der Waals surface area contributed by atoms with Gasteiger partial charge in [0.25, 0.3) is 0 Å². The number of hydrogen-bond acceptors (Lipinski definition) is 2. The number of nitrogens with one attached hydrogen (secondary N) is 1. The Balaban J connectivity index is 1.48. The first-order chi connectivity index (χ1) is 10.0. The van der Waals surface area contributed by atoms with Crippen LogP contribution >= 0.6 is 27.3 Å². The van der Waals surface area contributed by atoms with Crippen LogP contribution in [0.3, 0.4) is 0 Å². The molecule has 0 unspecified atom stereocenters. The van der Waals surface area contributed by atoms with Crippen LogP contribution in [0.4, 0.5) is 0 Å². The van der Waals surface area contributed by atoms with Crippen molar-refractivity contribution in [1.29, 1.82) is 0 Å². The van der Waals surface area contributed by atoms with Crippen molar-refractivity contribution < 1.29 is 0 Å². The van der Waals surface area contributed by atoms with Gasteiger partial charge in [-0.1, -0.05) is 48.0 Å². The zero-order valence-electron chi connectivity index (χ0n) is 12.6. The van der Waals surface area contributed by atoms with Gasteiger partial charge >= 0.3 is 0 Å². The van der Waals surface area contributed by atoms with Crippen LogP contribution in [-0.4, -0.2) is 12.6 Å². The van der Waals surface area contributed by atoms with Crippen LogP contribution in [0.15, 0.2) is 46.3 Å². The highest BCUT2D eigenvalue weighted by atomic mass is 79.9. The lowest BCUT2D eigenvalue weighted by atomic mass is 9.75. The molecule has 1 aromatic carbocycles. The Morgan fingerprint density at radius 2 is 1.90 bits per heavy atom. The van der Waals surface area contributed by atoms with Gasteiger partial charge in [-0.3, -0.25) is 0 Å². The molecule has 1 aliphatic rings. The first kappa shape index (κ1) is 15.3. The minimum Gasteiger partial charge on any atom is -0.313 e. The highest BCUT2D eigenvalue weighted by Gasteiger charge is 2.31. The van der Waals surface area contributed by atoms with Crippen LogP contribution in [-0.2, 0) is 5.41 Å². The molecule has 2 aromatic rings. The summed E-state index contributed by atoms with van der Waals surface area (Å²) in [4.78, 5) is 1.47. The summed E-state index contributed by atoms with van der Waals surface area (Å²) in [6.07, 6.45) is 2.53. The second-order valence-electron chi connectivity index (χ2n) is 6.66. The van der Waals surface area contributed by atoms with Crippen molar-refractivity contribution >= 4 is 27.3 Å². The van der Waals surface area contributed by atoms with Crippen molar-refractivity contribution in [2.24, 2.45) is 0 Å². The van der Waals surface area contributed by atoms with E-state index in [0.717, 1.165) is 16.9 Å². The van der Waals surface area contributed by atoms with E-state index >= 15 is 0 Å². The first-order valence-electron chi connectivity index (χ1n) is 7.57. The molecule has 1 N–H and O–H groups in total. The van der Waals surface area contributed by atoms with Gasteiger partial charge in [-0.2, -0.15) is 0 Å². The molecule has 0 bridgehead atoms. The van der Waals surface area contributed by atoms with Crippen LogP contribution in [0.1, 0.15) is 43.0 Å². The molecule has 21 heavy (non-hydrogen) atoms. The van der Waals surface area contributed by atoms with Crippen molar-refractivity contribution in [1.82, 2.24) is 5.32 Å². The fraction of sp³-hybridized carbons (Fsp3) is 0.444. The Labute approximate surface area is 139 Å². The van der Waals surface area contributed by atoms with E-state index in [-0.39, 0.29) is 5.41 Å². The molecule has 0 atom stereocenters. The Morgan fingerprint density at radius 1 is 1.19 bits per heavy atom. The maximum absolute atomic E-state index is 3.76. The highest BCUT2D eigenvalue weighted by Crippen LogP contribution is 2.38. The Hall–Kier alpha value is -0.640. The second kappa shape index (κ2) is 6.23. The summed E-state index contributed by atoms with van der Waals surface area (Å²) in [5, 5.41) is 5.93. The summed E-state index contributed by atoms with van der Waals surface area (Å²) in [6, 6.07) is 13.9. The smallest absolute Gasteiger partial charge is 0.0175 e. The lowest BCUT2D eigenvalue weighted by molar-refractivity contribution is 0.273. The molecule has 0 aliphatic heterocycles. The predicted molar refractivity (Wildman–Crippen MR) is 95.3 cm³/mol. The van der Waals surface area contributed by atoms with E-state index in [4.69, 9.17) is 0 Å². The standard InChI is InChI=1S/C18H22BrNS/c1-18(2,17-4-3-9-21-17)12-20-16-10-14(11-16)13-5-7-15(19)8-6-13/h3-9,14,16,20H,10-12H2,1-2H3. The van der Waals surface area contributed by atoms with Crippen molar-refractivity contribution in [3.63, 3.8) is 0 Å². The molecular formula is C18H22BrNS. The molecule has 1 heterocycles. The molecule has 1 nitrogen and oxygen atoms in total. The maximum atomic E-state index is 3.76. The number of hydrogen-bond donors (Lipinski definition) is 1. The second-order valence-corrected chi connectivity index (χ2v) is 8.52. The molecule has 1 saturated carbocycles. The third kappa shape index (κ3) is 3.58. The summed E-state index contributed by atoms with van der Waals surface area (Å²) in [5.74, 6) is 0.737. The number of halogens is 1. The zero-order chi connectivity index (χ0) is 14.9. The third-order valence-corrected chi connectivity index (χ3v) is 6.26. The molecule has 112 valence electrons. The van der Waals surface area contributed by atoms with Gasteiger partial charge in [0.2, 0.25) is 0 Å². The van der Waals surface area contributed by atoms with Crippen molar-refractivity contribution in [2.45, 2.75) is 44.1 Å². The van der Waals surface area contributed by atoms with Crippen LogP contribution in [0, 0.1) is 0 Å². The molecule has 3 rings (SSSR count). The molecule has 1 aromatic heterocycles. The maximum Gasteiger partial charge on any atom is 0.0175 e. The van der Waals surface area contributed by atoms with E-state index in [1.807, 2.05) is 11.3 Å². The van der Waals surface area contributed by atoms with Gasteiger partial charge in [0, 0.05) is 27.4 Å². The minimum atomic E-state index is 0.233. The van der Waals surface area contributed by atoms with Gasteiger partial charge in [-0.25, -0.2) is 0 Å². The predicted octanol–water partition coefficient (Wildman–Crippen LogP) is 5.32. The van der Waals surface area contributed by atoms with Gasteiger partial charge in [0.1, 0.15) is 0 Å². The van der Waals surface area contributed by atoms with Gasteiger partial charge in [0.05, 0.1) is 0 Å². The molecule has 0 saturated heterocycles. The van der Waals surface area contributed by atoms with Crippen LogP contribution in [0.25, 0.3) is 0 Å². The van der Waals surface area contributed by atoms with E-state index in [1.54, 1.807) is 0 Å². The lowest BCUT2D eigenvalue weighted by Gasteiger charge is -2.38. The summed E-state index contributed by atoms with van der Waals surface area (Å²) in [6.45, 7) is 5.72.